The predicted octanol–water partition coefficient (Wildman–Crippen LogP) is 1.17. The van der Waals surface area contributed by atoms with E-state index in [1.54, 1.807) is 0 Å². The van der Waals surface area contributed by atoms with Gasteiger partial charge in [-0.15, -0.1) is 12.4 Å². The lowest BCUT2D eigenvalue weighted by Crippen LogP contribution is -2.49. The number of hydrogen-bond donors (Lipinski definition) is 2. The van der Waals surface area contributed by atoms with Crippen LogP contribution < -0.4 is 9.47 Å². The highest BCUT2D eigenvalue weighted by molar-refractivity contribution is 5.85. The second-order valence-corrected chi connectivity index (χ2v) is 6.32. The first-order valence-corrected chi connectivity index (χ1v) is 7.45. The molecular weight excluding hydrogens is 306 g/mol. The van der Waals surface area contributed by atoms with Crippen molar-refractivity contribution in [2.75, 3.05) is 13.3 Å². The Morgan fingerprint density at radius 1 is 1.14 bits per heavy atom. The lowest BCUT2D eigenvalue weighted by atomic mass is 9.73. The number of nitrogens with zero attached hydrogens (tertiary/aromatic N) is 1. The van der Waals surface area contributed by atoms with E-state index < -0.39 is 12.2 Å². The van der Waals surface area contributed by atoms with Crippen LogP contribution in [0.4, 0.5) is 0 Å². The van der Waals surface area contributed by atoms with E-state index in [4.69, 9.17) is 9.47 Å². The number of rotatable bonds is 0. The minimum atomic E-state index is -0.780. The number of aliphatic hydroxyl groups excluding tert-OH is 2. The standard InChI is InChI=1S/C16H17NO4.ClH/c18-11-3-8-1-2-17-6-9-4-12-13(21-7-20-12)5-10(9)14(15(8)17)16(11)19;/h3-5,11,14-16,18-19H,1-2,6-7H2;1H/t11-,14-,15-,16-;/m0./s1. The Balaban J connectivity index is 0.00000125. The molecule has 0 bridgehead atoms. The van der Waals surface area contributed by atoms with Gasteiger partial charge in [0.25, 0.3) is 0 Å². The average Bonchev–Trinajstić information content (AvgIpc) is 3.08. The molecule has 1 aromatic rings. The summed E-state index contributed by atoms with van der Waals surface area (Å²) in [5.41, 5.74) is 3.54. The molecule has 4 aliphatic rings. The molecule has 0 unspecified atom stereocenters. The molecule has 1 aliphatic carbocycles. The number of fused-ring (bicyclic) bond motifs is 3. The van der Waals surface area contributed by atoms with Crippen molar-refractivity contribution in [2.24, 2.45) is 0 Å². The van der Waals surface area contributed by atoms with Gasteiger partial charge in [-0.1, -0.05) is 11.6 Å². The topological polar surface area (TPSA) is 62.2 Å². The van der Waals surface area contributed by atoms with E-state index in [2.05, 4.69) is 4.90 Å². The zero-order valence-electron chi connectivity index (χ0n) is 11.9. The van der Waals surface area contributed by atoms with E-state index in [-0.39, 0.29) is 31.2 Å². The second kappa shape index (κ2) is 4.86. The summed E-state index contributed by atoms with van der Waals surface area (Å²) in [6, 6.07) is 4.25. The molecule has 1 saturated heterocycles. The molecule has 0 radical (unpaired) electrons. The number of ether oxygens (including phenoxy) is 2. The smallest absolute Gasteiger partial charge is 0.231 e. The third-order valence-corrected chi connectivity index (χ3v) is 5.27. The zero-order valence-corrected chi connectivity index (χ0v) is 12.8. The summed E-state index contributed by atoms with van der Waals surface area (Å²) in [5, 5.41) is 20.7. The monoisotopic (exact) mass is 323 g/mol. The van der Waals surface area contributed by atoms with Gasteiger partial charge in [0.2, 0.25) is 6.79 Å². The van der Waals surface area contributed by atoms with Crippen LogP contribution in [0.3, 0.4) is 0 Å². The van der Waals surface area contributed by atoms with E-state index in [9.17, 15) is 10.2 Å². The maximum atomic E-state index is 10.5. The Bertz CT molecular complexity index is 662. The first-order chi connectivity index (χ1) is 10.2. The summed E-state index contributed by atoms with van der Waals surface area (Å²) in [5.74, 6) is 1.45. The highest BCUT2D eigenvalue weighted by Gasteiger charge is 2.48. The number of benzene rings is 1. The maximum Gasteiger partial charge on any atom is 0.231 e. The summed E-state index contributed by atoms with van der Waals surface area (Å²) >= 11 is 0. The largest absolute Gasteiger partial charge is 0.454 e. The summed E-state index contributed by atoms with van der Waals surface area (Å²) in [6.07, 6.45) is 1.28. The van der Waals surface area contributed by atoms with Crippen LogP contribution in [0.25, 0.3) is 0 Å². The molecule has 0 spiro atoms. The fourth-order valence-corrected chi connectivity index (χ4v) is 4.35. The van der Waals surface area contributed by atoms with Gasteiger partial charge in [0, 0.05) is 25.0 Å². The molecule has 2 N–H and O–H groups in total. The van der Waals surface area contributed by atoms with Crippen molar-refractivity contribution in [2.45, 2.75) is 37.1 Å². The van der Waals surface area contributed by atoms with E-state index in [0.717, 1.165) is 36.6 Å². The van der Waals surface area contributed by atoms with Crippen molar-refractivity contribution in [1.29, 1.82) is 0 Å². The van der Waals surface area contributed by atoms with E-state index >= 15 is 0 Å². The Morgan fingerprint density at radius 3 is 2.73 bits per heavy atom. The fraction of sp³-hybridized carbons (Fsp3) is 0.500. The van der Waals surface area contributed by atoms with Crippen LogP contribution in [-0.2, 0) is 6.54 Å². The van der Waals surface area contributed by atoms with Gasteiger partial charge in [0.05, 0.1) is 12.2 Å². The van der Waals surface area contributed by atoms with Gasteiger partial charge >= 0.3 is 0 Å². The number of halogens is 1. The van der Waals surface area contributed by atoms with Crippen molar-refractivity contribution in [3.05, 3.63) is 34.9 Å². The van der Waals surface area contributed by atoms with E-state index in [1.807, 2.05) is 18.2 Å². The third kappa shape index (κ3) is 1.77. The Kier molecular flexibility index (Phi) is 3.17. The van der Waals surface area contributed by atoms with Crippen LogP contribution in [0.2, 0.25) is 0 Å². The molecule has 118 valence electrons. The van der Waals surface area contributed by atoms with E-state index in [0.29, 0.717) is 0 Å². The number of hydrogen-bond acceptors (Lipinski definition) is 5. The highest BCUT2D eigenvalue weighted by Crippen LogP contribution is 2.49. The van der Waals surface area contributed by atoms with Crippen LogP contribution in [0, 0.1) is 0 Å². The summed E-state index contributed by atoms with van der Waals surface area (Å²) in [4.78, 5) is 2.40. The van der Waals surface area contributed by atoms with Crippen molar-refractivity contribution in [3.8, 4) is 11.5 Å². The lowest BCUT2D eigenvalue weighted by Gasteiger charge is -2.44. The van der Waals surface area contributed by atoms with Gasteiger partial charge in [0.1, 0.15) is 0 Å². The Morgan fingerprint density at radius 2 is 1.91 bits per heavy atom. The molecule has 3 heterocycles. The molecule has 0 aromatic heterocycles. The van der Waals surface area contributed by atoms with Crippen molar-refractivity contribution >= 4 is 12.4 Å². The molecule has 5 nitrogen and oxygen atoms in total. The maximum absolute atomic E-state index is 10.5. The second-order valence-electron chi connectivity index (χ2n) is 6.32. The normalized spacial score (nSPS) is 34.5. The van der Waals surface area contributed by atoms with Crippen molar-refractivity contribution < 1.29 is 19.7 Å². The van der Waals surface area contributed by atoms with Gasteiger partial charge in [0.15, 0.2) is 11.5 Å². The molecule has 5 rings (SSSR count). The molecule has 1 aromatic carbocycles. The number of aliphatic hydroxyl groups is 2. The van der Waals surface area contributed by atoms with Crippen LogP contribution in [-0.4, -0.2) is 46.7 Å². The quantitative estimate of drug-likeness (QED) is 0.702. The van der Waals surface area contributed by atoms with Crippen LogP contribution in [0.5, 0.6) is 11.5 Å². The summed E-state index contributed by atoms with van der Waals surface area (Å²) < 4.78 is 10.9. The lowest BCUT2D eigenvalue weighted by molar-refractivity contribution is -0.00157. The Labute approximate surface area is 134 Å². The van der Waals surface area contributed by atoms with Gasteiger partial charge < -0.3 is 19.7 Å². The SMILES string of the molecule is Cl.O[C@@H]1[C@H]2c3cc4c(cc3CN3CCC(=C[C@@H]1O)[C@@H]23)OCO4. The first kappa shape index (κ1) is 14.3. The molecule has 1 fully saturated rings. The summed E-state index contributed by atoms with van der Waals surface area (Å²) in [7, 11) is 0. The molecule has 0 saturated carbocycles. The molecule has 4 atom stereocenters. The van der Waals surface area contributed by atoms with Crippen LogP contribution in [0.1, 0.15) is 23.5 Å². The van der Waals surface area contributed by atoms with Gasteiger partial charge in [-0.25, -0.2) is 0 Å². The van der Waals surface area contributed by atoms with Crippen LogP contribution in [0.15, 0.2) is 23.8 Å². The Hall–Kier alpha value is -1.27. The third-order valence-electron chi connectivity index (χ3n) is 5.27. The first-order valence-electron chi connectivity index (χ1n) is 7.45. The molecular formula is C16H18ClNO4. The molecule has 0 amide bonds. The highest BCUT2D eigenvalue weighted by atomic mass is 35.5. The average molecular weight is 324 g/mol. The summed E-state index contributed by atoms with van der Waals surface area (Å²) in [6.45, 7) is 2.11. The van der Waals surface area contributed by atoms with Gasteiger partial charge in [-0.3, -0.25) is 4.90 Å². The van der Waals surface area contributed by atoms with Crippen LogP contribution >= 0.6 is 12.4 Å². The molecule has 3 aliphatic heterocycles. The fourth-order valence-electron chi connectivity index (χ4n) is 4.35. The molecule has 6 heteroatoms. The molecule has 22 heavy (non-hydrogen) atoms. The van der Waals surface area contributed by atoms with E-state index in [1.165, 1.54) is 11.1 Å². The zero-order chi connectivity index (χ0) is 14.1. The minimum Gasteiger partial charge on any atom is -0.454 e. The van der Waals surface area contributed by atoms with Crippen molar-refractivity contribution in [1.82, 2.24) is 4.90 Å². The van der Waals surface area contributed by atoms with Crippen molar-refractivity contribution in [3.63, 3.8) is 0 Å². The van der Waals surface area contributed by atoms with Gasteiger partial charge in [-0.2, -0.15) is 0 Å². The predicted molar refractivity (Wildman–Crippen MR) is 81.5 cm³/mol. The minimum absolute atomic E-state index is 0. The van der Waals surface area contributed by atoms with Gasteiger partial charge in [-0.05, 0) is 29.7 Å².